The number of ether oxygens (including phenoxy) is 1. The van der Waals surface area contributed by atoms with Crippen LogP contribution in [0.4, 0.5) is 0 Å². The fourth-order valence-electron chi connectivity index (χ4n) is 3.03. The molecule has 0 spiro atoms. The molecular weight excluding hydrogens is 358 g/mol. The smallest absolute Gasteiger partial charge is 0.231 e. The minimum absolute atomic E-state index is 0.0473. The van der Waals surface area contributed by atoms with Crippen LogP contribution >= 0.6 is 15.9 Å². The lowest BCUT2D eigenvalue weighted by molar-refractivity contribution is -0.130. The largest absolute Gasteiger partial charge is 0.381 e. The summed E-state index contributed by atoms with van der Waals surface area (Å²) in [6.07, 6.45) is 5.00. The number of hydrogen-bond acceptors (Lipinski definition) is 3. The molecule has 0 unspecified atom stereocenters. The van der Waals surface area contributed by atoms with E-state index >= 15 is 0 Å². The lowest BCUT2D eigenvalue weighted by Gasteiger charge is -2.36. The van der Waals surface area contributed by atoms with Crippen molar-refractivity contribution in [1.29, 1.82) is 0 Å². The molecule has 5 nitrogen and oxygen atoms in total. The summed E-state index contributed by atoms with van der Waals surface area (Å²) in [5, 5.41) is 3.06. The SMILES string of the molecule is Cn1ccnc1CNC(=O)C1(c2ccc(Br)cc2)CCOCC1. The Balaban J connectivity index is 1.82. The van der Waals surface area contributed by atoms with Crippen molar-refractivity contribution in [3.63, 3.8) is 0 Å². The highest BCUT2D eigenvalue weighted by Gasteiger charge is 2.41. The van der Waals surface area contributed by atoms with Crippen molar-refractivity contribution in [3.05, 3.63) is 52.5 Å². The van der Waals surface area contributed by atoms with Gasteiger partial charge in [-0.2, -0.15) is 0 Å². The van der Waals surface area contributed by atoms with Crippen LogP contribution in [0.5, 0.6) is 0 Å². The Labute approximate surface area is 144 Å². The number of carbonyl (C=O) groups excluding carboxylic acids is 1. The van der Waals surface area contributed by atoms with Gasteiger partial charge in [0.25, 0.3) is 0 Å². The summed E-state index contributed by atoms with van der Waals surface area (Å²) in [6.45, 7) is 1.64. The van der Waals surface area contributed by atoms with E-state index in [9.17, 15) is 4.79 Å². The van der Waals surface area contributed by atoms with Crippen molar-refractivity contribution in [1.82, 2.24) is 14.9 Å². The average molecular weight is 378 g/mol. The van der Waals surface area contributed by atoms with E-state index in [2.05, 4.69) is 26.2 Å². The van der Waals surface area contributed by atoms with Crippen LogP contribution < -0.4 is 5.32 Å². The maximum Gasteiger partial charge on any atom is 0.231 e. The maximum absolute atomic E-state index is 13.0. The van der Waals surface area contributed by atoms with Gasteiger partial charge >= 0.3 is 0 Å². The number of carbonyl (C=O) groups is 1. The van der Waals surface area contributed by atoms with Crippen LogP contribution in [0, 0.1) is 0 Å². The number of aryl methyl sites for hydroxylation is 1. The molecule has 2 aromatic rings. The number of rotatable bonds is 4. The number of aromatic nitrogens is 2. The number of hydrogen-bond donors (Lipinski definition) is 1. The molecule has 0 bridgehead atoms. The van der Waals surface area contributed by atoms with Gasteiger partial charge in [0.2, 0.25) is 5.91 Å². The Hall–Kier alpha value is -1.66. The molecule has 1 aromatic carbocycles. The Morgan fingerprint density at radius 1 is 1.35 bits per heavy atom. The van der Waals surface area contributed by atoms with Crippen molar-refractivity contribution >= 4 is 21.8 Å². The quantitative estimate of drug-likeness (QED) is 0.890. The topological polar surface area (TPSA) is 56.2 Å². The minimum atomic E-state index is -0.524. The van der Waals surface area contributed by atoms with Gasteiger partial charge in [-0.25, -0.2) is 4.98 Å². The zero-order chi connectivity index (χ0) is 16.3. The second-order valence-electron chi connectivity index (χ2n) is 5.84. The van der Waals surface area contributed by atoms with E-state index in [1.807, 2.05) is 42.1 Å². The summed E-state index contributed by atoms with van der Waals surface area (Å²) in [5.41, 5.74) is 0.519. The van der Waals surface area contributed by atoms with Crippen molar-refractivity contribution in [2.75, 3.05) is 13.2 Å². The van der Waals surface area contributed by atoms with E-state index in [4.69, 9.17) is 4.74 Å². The van der Waals surface area contributed by atoms with Gasteiger partial charge in [-0.15, -0.1) is 0 Å². The summed E-state index contributed by atoms with van der Waals surface area (Å²) >= 11 is 3.45. The molecule has 122 valence electrons. The van der Waals surface area contributed by atoms with Crippen LogP contribution in [0.3, 0.4) is 0 Å². The van der Waals surface area contributed by atoms with Crippen LogP contribution in [0.25, 0.3) is 0 Å². The molecule has 6 heteroatoms. The second kappa shape index (κ2) is 6.84. The fourth-order valence-corrected chi connectivity index (χ4v) is 3.30. The van der Waals surface area contributed by atoms with Gasteiger partial charge in [-0.3, -0.25) is 4.79 Å². The van der Waals surface area contributed by atoms with E-state index < -0.39 is 5.41 Å². The predicted molar refractivity (Wildman–Crippen MR) is 90.9 cm³/mol. The first-order chi connectivity index (χ1) is 11.1. The molecule has 1 saturated heterocycles. The summed E-state index contributed by atoms with van der Waals surface area (Å²) in [5.74, 6) is 0.891. The lowest BCUT2D eigenvalue weighted by Crippen LogP contribution is -2.48. The third-order valence-electron chi connectivity index (χ3n) is 4.51. The molecule has 0 saturated carbocycles. The minimum Gasteiger partial charge on any atom is -0.381 e. The first kappa shape index (κ1) is 16.2. The Morgan fingerprint density at radius 3 is 2.65 bits per heavy atom. The standard InChI is InChI=1S/C17H20BrN3O2/c1-21-9-8-19-15(21)12-20-16(22)17(6-10-23-11-7-17)13-2-4-14(18)5-3-13/h2-5,8-9H,6-7,10-12H2,1H3,(H,20,22). The summed E-state index contributed by atoms with van der Waals surface area (Å²) in [4.78, 5) is 17.3. The van der Waals surface area contributed by atoms with Gasteiger partial charge in [0.1, 0.15) is 5.82 Å². The highest BCUT2D eigenvalue weighted by atomic mass is 79.9. The Bertz CT molecular complexity index is 675. The van der Waals surface area contributed by atoms with Gasteiger partial charge in [0.05, 0.1) is 12.0 Å². The number of nitrogens with zero attached hydrogens (tertiary/aromatic N) is 2. The lowest BCUT2D eigenvalue weighted by atomic mass is 9.73. The molecule has 2 heterocycles. The van der Waals surface area contributed by atoms with E-state index in [1.54, 1.807) is 6.20 Å². The summed E-state index contributed by atoms with van der Waals surface area (Å²) in [7, 11) is 1.92. The van der Waals surface area contributed by atoms with E-state index in [0.29, 0.717) is 32.6 Å². The van der Waals surface area contributed by atoms with Crippen LogP contribution in [0.2, 0.25) is 0 Å². The van der Waals surface area contributed by atoms with E-state index in [-0.39, 0.29) is 5.91 Å². The molecule has 0 atom stereocenters. The van der Waals surface area contributed by atoms with Gasteiger partial charge in [-0.05, 0) is 30.5 Å². The Kier molecular flexibility index (Phi) is 4.82. The molecule has 1 aliphatic heterocycles. The highest BCUT2D eigenvalue weighted by molar-refractivity contribution is 9.10. The average Bonchev–Trinajstić information content (AvgIpc) is 2.99. The first-order valence-corrected chi connectivity index (χ1v) is 8.49. The molecule has 1 fully saturated rings. The van der Waals surface area contributed by atoms with E-state index in [0.717, 1.165) is 15.9 Å². The zero-order valence-electron chi connectivity index (χ0n) is 13.1. The van der Waals surface area contributed by atoms with Crippen molar-refractivity contribution in [3.8, 4) is 0 Å². The van der Waals surface area contributed by atoms with Gasteiger partial charge in [0.15, 0.2) is 0 Å². The third-order valence-corrected chi connectivity index (χ3v) is 5.03. The molecule has 1 aliphatic rings. The van der Waals surface area contributed by atoms with Crippen LogP contribution in [-0.2, 0) is 28.5 Å². The summed E-state index contributed by atoms with van der Waals surface area (Å²) in [6, 6.07) is 8.02. The van der Waals surface area contributed by atoms with Crippen LogP contribution in [-0.4, -0.2) is 28.7 Å². The second-order valence-corrected chi connectivity index (χ2v) is 6.75. The number of halogens is 1. The maximum atomic E-state index is 13.0. The number of benzene rings is 1. The molecule has 1 aromatic heterocycles. The number of imidazole rings is 1. The molecule has 0 aliphatic carbocycles. The normalized spacial score (nSPS) is 17.0. The molecule has 23 heavy (non-hydrogen) atoms. The first-order valence-electron chi connectivity index (χ1n) is 7.70. The van der Waals surface area contributed by atoms with Gasteiger partial charge in [-0.1, -0.05) is 28.1 Å². The number of amides is 1. The van der Waals surface area contributed by atoms with Crippen molar-refractivity contribution < 1.29 is 9.53 Å². The molecule has 1 amide bonds. The van der Waals surface area contributed by atoms with Crippen LogP contribution in [0.15, 0.2) is 41.1 Å². The Morgan fingerprint density at radius 2 is 2.04 bits per heavy atom. The van der Waals surface area contributed by atoms with Crippen LogP contribution in [0.1, 0.15) is 24.2 Å². The predicted octanol–water partition coefficient (Wildman–Crippen LogP) is 2.55. The fraction of sp³-hybridized carbons (Fsp3) is 0.412. The zero-order valence-corrected chi connectivity index (χ0v) is 14.7. The number of nitrogens with one attached hydrogen (secondary N) is 1. The van der Waals surface area contributed by atoms with Gasteiger partial charge < -0.3 is 14.6 Å². The molecule has 3 rings (SSSR count). The van der Waals surface area contributed by atoms with E-state index in [1.165, 1.54) is 0 Å². The van der Waals surface area contributed by atoms with Crippen molar-refractivity contribution in [2.24, 2.45) is 7.05 Å². The molecular formula is C17H20BrN3O2. The summed E-state index contributed by atoms with van der Waals surface area (Å²) < 4.78 is 8.41. The van der Waals surface area contributed by atoms with Gasteiger partial charge in [0, 0.05) is 37.1 Å². The molecule has 0 radical (unpaired) electrons. The van der Waals surface area contributed by atoms with Crippen molar-refractivity contribution in [2.45, 2.75) is 24.8 Å². The molecule has 1 N–H and O–H groups in total. The third kappa shape index (κ3) is 3.33. The highest BCUT2D eigenvalue weighted by Crippen LogP contribution is 2.35. The monoisotopic (exact) mass is 377 g/mol.